The zero-order chi connectivity index (χ0) is 20.5. The van der Waals surface area contributed by atoms with Gasteiger partial charge in [-0.3, -0.25) is 4.79 Å². The van der Waals surface area contributed by atoms with Gasteiger partial charge in [0, 0.05) is 26.1 Å². The number of amides is 1. The molecule has 0 radical (unpaired) electrons. The van der Waals surface area contributed by atoms with Crippen molar-refractivity contribution in [3.8, 4) is 0 Å². The summed E-state index contributed by atoms with van der Waals surface area (Å²) in [7, 11) is 3.64. The maximum Gasteiger partial charge on any atom is 0.326 e. The molecule has 0 bridgehead atoms. The molecule has 7 heteroatoms. The smallest absolute Gasteiger partial charge is 0.326 e. The minimum atomic E-state index is -1.19. The molecule has 2 aliphatic rings. The molecule has 154 valence electrons. The lowest BCUT2D eigenvalue weighted by molar-refractivity contribution is -0.143. The summed E-state index contributed by atoms with van der Waals surface area (Å²) in [6.45, 7) is 2.77. The molecule has 28 heavy (non-hydrogen) atoms. The average molecular weight is 392 g/mol. The van der Waals surface area contributed by atoms with E-state index in [0.717, 1.165) is 13.0 Å². The van der Waals surface area contributed by atoms with E-state index in [4.69, 9.17) is 4.74 Å². The number of carbonyl (C=O) groups excluding carboxylic acids is 1. The standard InChI is InChI=1S/C21H29FN2O4/c1-13(18(28-3)17-11-21(8-9-21)12-24(17)2)19(25)23-16(20(26)27)10-14-6-4-5-7-15(14)22/h4-7,13,16-18H,8-12H2,1-3H3,(H,23,25)(H,26,27)/t13-,16+,17+,18?/m1/s1. The van der Waals surface area contributed by atoms with E-state index in [9.17, 15) is 19.1 Å². The summed E-state index contributed by atoms with van der Waals surface area (Å²) in [5, 5.41) is 12.1. The Morgan fingerprint density at radius 3 is 2.61 bits per heavy atom. The number of hydrogen-bond acceptors (Lipinski definition) is 4. The third-order valence-corrected chi connectivity index (χ3v) is 6.30. The van der Waals surface area contributed by atoms with Crippen LogP contribution in [0, 0.1) is 17.2 Å². The first-order valence-corrected chi connectivity index (χ1v) is 9.76. The van der Waals surface area contributed by atoms with Gasteiger partial charge in [0.15, 0.2) is 0 Å². The van der Waals surface area contributed by atoms with Crippen LogP contribution in [0.15, 0.2) is 24.3 Å². The Balaban J connectivity index is 1.66. The fraction of sp³-hybridized carbons (Fsp3) is 0.619. The number of carboxylic acid groups (broad SMARTS) is 1. The van der Waals surface area contributed by atoms with Gasteiger partial charge in [-0.05, 0) is 43.4 Å². The van der Waals surface area contributed by atoms with Crippen molar-refractivity contribution in [2.75, 3.05) is 20.7 Å². The molecule has 6 nitrogen and oxygen atoms in total. The van der Waals surface area contributed by atoms with Crippen LogP contribution < -0.4 is 5.32 Å². The molecular formula is C21H29FN2O4. The number of hydrogen-bond donors (Lipinski definition) is 2. The quantitative estimate of drug-likeness (QED) is 0.708. The number of nitrogens with zero attached hydrogens (tertiary/aromatic N) is 1. The van der Waals surface area contributed by atoms with Crippen LogP contribution in [0.2, 0.25) is 0 Å². The number of methoxy groups -OCH3 is 1. The zero-order valence-corrected chi connectivity index (χ0v) is 16.7. The Hall–Kier alpha value is -1.99. The largest absolute Gasteiger partial charge is 0.480 e. The van der Waals surface area contributed by atoms with Gasteiger partial charge < -0.3 is 20.1 Å². The normalized spacial score (nSPS) is 23.9. The molecule has 1 aliphatic heterocycles. The lowest BCUT2D eigenvalue weighted by Gasteiger charge is -2.32. The van der Waals surface area contributed by atoms with E-state index >= 15 is 0 Å². The average Bonchev–Trinajstić information content (AvgIpc) is 3.32. The number of carboxylic acids is 1. The Morgan fingerprint density at radius 1 is 1.39 bits per heavy atom. The molecule has 2 fully saturated rings. The van der Waals surface area contributed by atoms with Gasteiger partial charge in [-0.2, -0.15) is 0 Å². The van der Waals surface area contributed by atoms with Crippen LogP contribution >= 0.6 is 0 Å². The number of ether oxygens (including phenoxy) is 1. The van der Waals surface area contributed by atoms with Crippen molar-refractivity contribution in [1.82, 2.24) is 10.2 Å². The van der Waals surface area contributed by atoms with E-state index in [2.05, 4.69) is 10.2 Å². The predicted molar refractivity (Wildman–Crippen MR) is 102 cm³/mol. The maximum absolute atomic E-state index is 13.9. The summed E-state index contributed by atoms with van der Waals surface area (Å²) in [5.74, 6) is -2.57. The number of benzene rings is 1. The lowest BCUT2D eigenvalue weighted by atomic mass is 9.91. The molecule has 2 N–H and O–H groups in total. The van der Waals surface area contributed by atoms with E-state index in [-0.39, 0.29) is 30.0 Å². The number of likely N-dealkylation sites (N-methyl/N-ethyl adjacent to an activating group) is 1. The lowest BCUT2D eigenvalue weighted by Crippen LogP contribution is -2.50. The highest BCUT2D eigenvalue weighted by molar-refractivity contribution is 5.85. The number of carbonyl (C=O) groups is 2. The third kappa shape index (κ3) is 4.36. The number of rotatable bonds is 8. The van der Waals surface area contributed by atoms with Gasteiger partial charge >= 0.3 is 5.97 Å². The second-order valence-corrected chi connectivity index (χ2v) is 8.37. The summed E-state index contributed by atoms with van der Waals surface area (Å²) in [6.07, 6.45) is 3.00. The van der Waals surface area contributed by atoms with Crippen LogP contribution in [0.5, 0.6) is 0 Å². The Kier molecular flexibility index (Phi) is 6.05. The second kappa shape index (κ2) is 8.17. The third-order valence-electron chi connectivity index (χ3n) is 6.30. The van der Waals surface area contributed by atoms with E-state index < -0.39 is 23.7 Å². The van der Waals surface area contributed by atoms with Crippen LogP contribution in [0.25, 0.3) is 0 Å². The minimum Gasteiger partial charge on any atom is -0.480 e. The first kappa shape index (κ1) is 20.7. The first-order chi connectivity index (χ1) is 13.3. The van der Waals surface area contributed by atoms with Gasteiger partial charge in [0.25, 0.3) is 0 Å². The van der Waals surface area contributed by atoms with Crippen molar-refractivity contribution in [2.24, 2.45) is 11.3 Å². The molecular weight excluding hydrogens is 363 g/mol. The minimum absolute atomic E-state index is 0.107. The number of nitrogens with one attached hydrogen (secondary N) is 1. The maximum atomic E-state index is 13.9. The van der Waals surface area contributed by atoms with E-state index in [0.29, 0.717) is 5.41 Å². The topological polar surface area (TPSA) is 78.9 Å². The van der Waals surface area contributed by atoms with E-state index in [1.54, 1.807) is 26.2 Å². The van der Waals surface area contributed by atoms with Crippen LogP contribution in [0.3, 0.4) is 0 Å². The second-order valence-electron chi connectivity index (χ2n) is 8.37. The predicted octanol–water partition coefficient (Wildman–Crippen LogP) is 2.07. The molecule has 1 amide bonds. The van der Waals surface area contributed by atoms with Gasteiger partial charge in [-0.1, -0.05) is 25.1 Å². The molecule has 1 spiro atoms. The molecule has 1 saturated carbocycles. The summed E-state index contributed by atoms with van der Waals surface area (Å²) >= 11 is 0. The fourth-order valence-electron chi connectivity index (χ4n) is 4.45. The van der Waals surface area contributed by atoms with E-state index in [1.807, 2.05) is 7.05 Å². The molecule has 0 aromatic heterocycles. The fourth-order valence-corrected chi connectivity index (χ4v) is 4.45. The van der Waals surface area contributed by atoms with Crippen molar-refractivity contribution >= 4 is 11.9 Å². The molecule has 1 unspecified atom stereocenters. The zero-order valence-electron chi connectivity index (χ0n) is 16.7. The summed E-state index contributed by atoms with van der Waals surface area (Å²) in [4.78, 5) is 26.7. The molecule has 1 saturated heterocycles. The summed E-state index contributed by atoms with van der Waals surface area (Å²) in [5.41, 5.74) is 0.637. The molecule has 1 aromatic carbocycles. The highest BCUT2D eigenvalue weighted by Crippen LogP contribution is 2.55. The van der Waals surface area contributed by atoms with Gasteiger partial charge in [0.2, 0.25) is 5.91 Å². The summed E-state index contributed by atoms with van der Waals surface area (Å²) < 4.78 is 19.6. The Morgan fingerprint density at radius 2 is 2.07 bits per heavy atom. The van der Waals surface area contributed by atoms with Crippen LogP contribution in [0.4, 0.5) is 4.39 Å². The number of likely N-dealkylation sites (tertiary alicyclic amines) is 1. The van der Waals surface area contributed by atoms with Gasteiger partial charge in [-0.15, -0.1) is 0 Å². The molecule has 4 atom stereocenters. The molecule has 1 aliphatic carbocycles. The SMILES string of the molecule is COC([C@@H](C)C(=O)N[C@@H](Cc1ccccc1F)C(=O)O)[C@@H]1CC2(CC2)CN1C. The number of halogens is 1. The van der Waals surface area contributed by atoms with Gasteiger partial charge in [-0.25, -0.2) is 9.18 Å². The van der Waals surface area contributed by atoms with Crippen LogP contribution in [-0.4, -0.2) is 60.8 Å². The highest BCUT2D eigenvalue weighted by Gasteiger charge is 2.53. The van der Waals surface area contributed by atoms with E-state index in [1.165, 1.54) is 25.0 Å². The molecule has 3 rings (SSSR count). The van der Waals surface area contributed by atoms with Crippen LogP contribution in [0.1, 0.15) is 31.7 Å². The molecule has 1 aromatic rings. The highest BCUT2D eigenvalue weighted by atomic mass is 19.1. The summed E-state index contributed by atoms with van der Waals surface area (Å²) in [6, 6.07) is 4.93. The van der Waals surface area contributed by atoms with Crippen molar-refractivity contribution < 1.29 is 23.8 Å². The first-order valence-electron chi connectivity index (χ1n) is 9.76. The monoisotopic (exact) mass is 392 g/mol. The Bertz CT molecular complexity index is 737. The number of aliphatic carboxylic acids is 1. The van der Waals surface area contributed by atoms with Crippen molar-refractivity contribution in [3.63, 3.8) is 0 Å². The Labute approximate surface area is 165 Å². The molecule has 1 heterocycles. The van der Waals surface area contributed by atoms with Crippen molar-refractivity contribution in [1.29, 1.82) is 0 Å². The van der Waals surface area contributed by atoms with Gasteiger partial charge in [0.1, 0.15) is 11.9 Å². The van der Waals surface area contributed by atoms with Gasteiger partial charge in [0.05, 0.1) is 12.0 Å². The van der Waals surface area contributed by atoms with Crippen LogP contribution in [-0.2, 0) is 20.7 Å². The van der Waals surface area contributed by atoms with Crippen molar-refractivity contribution in [3.05, 3.63) is 35.6 Å². The van der Waals surface area contributed by atoms with Crippen molar-refractivity contribution in [2.45, 2.75) is 50.8 Å².